The van der Waals surface area contributed by atoms with Crippen LogP contribution in [0, 0.1) is 13.8 Å². The highest BCUT2D eigenvalue weighted by molar-refractivity contribution is 5.70. The minimum atomic E-state index is -0.0795. The monoisotopic (exact) mass is 234 g/mol. The van der Waals surface area contributed by atoms with E-state index in [-0.39, 0.29) is 5.97 Å². The molecule has 2 rings (SSSR count). The maximum Gasteiger partial charge on any atom is 0.305 e. The van der Waals surface area contributed by atoms with E-state index in [4.69, 9.17) is 9.47 Å². The fraction of sp³-hybridized carbons (Fsp3) is 0.500. The molecule has 1 aromatic rings. The van der Waals surface area contributed by atoms with Crippen LogP contribution in [0.3, 0.4) is 0 Å². The van der Waals surface area contributed by atoms with E-state index in [9.17, 15) is 4.79 Å². The number of cyclic esters (lactones) is 1. The summed E-state index contributed by atoms with van der Waals surface area (Å²) in [5, 5.41) is 0. The lowest BCUT2D eigenvalue weighted by molar-refractivity contribution is -0.147. The SMILES string of the molecule is COc1ccc([C@@H]2CCC(=O)OC2)c(C)c1C. The maximum absolute atomic E-state index is 11.1. The standard InChI is InChI=1S/C14H18O3/c1-9-10(2)13(16-3)6-5-12(9)11-4-7-14(15)17-8-11/h5-6,11H,4,7-8H2,1-3H3/t11-/m1/s1. The van der Waals surface area contributed by atoms with Crippen LogP contribution in [0.1, 0.15) is 35.4 Å². The van der Waals surface area contributed by atoms with Gasteiger partial charge in [-0.2, -0.15) is 0 Å². The Balaban J connectivity index is 2.27. The summed E-state index contributed by atoms with van der Waals surface area (Å²) < 4.78 is 10.4. The van der Waals surface area contributed by atoms with Crippen molar-refractivity contribution in [3.8, 4) is 5.75 Å². The molecule has 0 bridgehead atoms. The third-order valence-corrected chi connectivity index (χ3v) is 3.58. The molecule has 1 aromatic carbocycles. The first-order valence-corrected chi connectivity index (χ1v) is 5.93. The summed E-state index contributed by atoms with van der Waals surface area (Å²) in [6.45, 7) is 4.67. The fourth-order valence-corrected chi connectivity index (χ4v) is 2.37. The minimum Gasteiger partial charge on any atom is -0.496 e. The van der Waals surface area contributed by atoms with Crippen LogP contribution >= 0.6 is 0 Å². The molecule has 3 nitrogen and oxygen atoms in total. The van der Waals surface area contributed by atoms with Crippen molar-refractivity contribution in [3.05, 3.63) is 28.8 Å². The van der Waals surface area contributed by atoms with Crippen LogP contribution in [-0.4, -0.2) is 19.7 Å². The first kappa shape index (κ1) is 12.0. The number of hydrogen-bond acceptors (Lipinski definition) is 3. The number of methoxy groups -OCH3 is 1. The van der Waals surface area contributed by atoms with Crippen molar-refractivity contribution in [1.82, 2.24) is 0 Å². The number of ether oxygens (including phenoxy) is 2. The molecule has 1 aliphatic rings. The maximum atomic E-state index is 11.1. The highest BCUT2D eigenvalue weighted by Crippen LogP contribution is 2.32. The van der Waals surface area contributed by atoms with Crippen molar-refractivity contribution >= 4 is 5.97 Å². The zero-order valence-corrected chi connectivity index (χ0v) is 10.6. The summed E-state index contributed by atoms with van der Waals surface area (Å²) in [6.07, 6.45) is 1.40. The number of carbonyl (C=O) groups excluding carboxylic acids is 1. The Morgan fingerprint density at radius 2 is 2.06 bits per heavy atom. The summed E-state index contributed by atoms with van der Waals surface area (Å²) in [5.41, 5.74) is 3.69. The molecule has 1 atom stereocenters. The van der Waals surface area contributed by atoms with Gasteiger partial charge in [-0.05, 0) is 43.0 Å². The van der Waals surface area contributed by atoms with Crippen molar-refractivity contribution < 1.29 is 14.3 Å². The molecule has 92 valence electrons. The third kappa shape index (κ3) is 2.28. The largest absolute Gasteiger partial charge is 0.496 e. The molecule has 17 heavy (non-hydrogen) atoms. The van der Waals surface area contributed by atoms with E-state index in [0.717, 1.165) is 12.2 Å². The number of rotatable bonds is 2. The van der Waals surface area contributed by atoms with Crippen LogP contribution < -0.4 is 4.74 Å². The van der Waals surface area contributed by atoms with E-state index in [0.29, 0.717) is 18.9 Å². The Labute approximate surface area is 102 Å². The van der Waals surface area contributed by atoms with Gasteiger partial charge in [0.25, 0.3) is 0 Å². The second-order valence-electron chi connectivity index (χ2n) is 4.53. The zero-order chi connectivity index (χ0) is 12.4. The zero-order valence-electron chi connectivity index (χ0n) is 10.6. The Hall–Kier alpha value is -1.51. The van der Waals surface area contributed by atoms with E-state index < -0.39 is 0 Å². The molecule has 0 saturated carbocycles. The molecule has 1 aliphatic heterocycles. The molecule has 1 heterocycles. The summed E-state index contributed by atoms with van der Waals surface area (Å²) in [6, 6.07) is 4.08. The molecular weight excluding hydrogens is 216 g/mol. The lowest BCUT2D eigenvalue weighted by atomic mass is 9.88. The Bertz CT molecular complexity index is 427. The summed E-state index contributed by atoms with van der Waals surface area (Å²) >= 11 is 0. The van der Waals surface area contributed by atoms with E-state index in [1.165, 1.54) is 16.7 Å². The van der Waals surface area contributed by atoms with E-state index in [1.54, 1.807) is 7.11 Å². The molecule has 3 heteroatoms. The normalized spacial score (nSPS) is 19.9. The Kier molecular flexibility index (Phi) is 3.36. The smallest absolute Gasteiger partial charge is 0.305 e. The lowest BCUT2D eigenvalue weighted by Gasteiger charge is -2.24. The van der Waals surface area contributed by atoms with Crippen LogP contribution in [0.15, 0.2) is 12.1 Å². The highest BCUT2D eigenvalue weighted by atomic mass is 16.5. The molecule has 1 saturated heterocycles. The predicted molar refractivity (Wildman–Crippen MR) is 65.4 cm³/mol. The molecule has 0 unspecified atom stereocenters. The molecular formula is C14H18O3. The van der Waals surface area contributed by atoms with Crippen molar-refractivity contribution in [3.63, 3.8) is 0 Å². The van der Waals surface area contributed by atoms with Crippen LogP contribution in [0.4, 0.5) is 0 Å². The van der Waals surface area contributed by atoms with Crippen molar-refractivity contribution in [1.29, 1.82) is 0 Å². The van der Waals surface area contributed by atoms with E-state index >= 15 is 0 Å². The highest BCUT2D eigenvalue weighted by Gasteiger charge is 2.23. The Morgan fingerprint density at radius 1 is 1.29 bits per heavy atom. The lowest BCUT2D eigenvalue weighted by Crippen LogP contribution is -2.21. The summed E-state index contributed by atoms with van der Waals surface area (Å²) in [7, 11) is 1.68. The number of esters is 1. The van der Waals surface area contributed by atoms with Crippen molar-refractivity contribution in [2.45, 2.75) is 32.6 Å². The van der Waals surface area contributed by atoms with Gasteiger partial charge in [0, 0.05) is 12.3 Å². The number of carbonyl (C=O) groups is 1. The minimum absolute atomic E-state index is 0.0795. The molecule has 0 aromatic heterocycles. The second-order valence-corrected chi connectivity index (χ2v) is 4.53. The quantitative estimate of drug-likeness (QED) is 0.738. The number of benzene rings is 1. The molecule has 0 N–H and O–H groups in total. The van der Waals surface area contributed by atoms with Gasteiger partial charge in [0.05, 0.1) is 13.7 Å². The van der Waals surface area contributed by atoms with Gasteiger partial charge < -0.3 is 9.47 Å². The van der Waals surface area contributed by atoms with Gasteiger partial charge in [-0.3, -0.25) is 4.79 Å². The first-order valence-electron chi connectivity index (χ1n) is 5.93. The fourth-order valence-electron chi connectivity index (χ4n) is 2.37. The number of hydrogen-bond donors (Lipinski definition) is 0. The van der Waals surface area contributed by atoms with Gasteiger partial charge in [0.1, 0.15) is 5.75 Å². The predicted octanol–water partition coefficient (Wildman–Crippen LogP) is 2.73. The molecule has 1 fully saturated rings. The molecule has 0 spiro atoms. The molecule has 0 amide bonds. The van der Waals surface area contributed by atoms with Crippen LogP contribution in [0.25, 0.3) is 0 Å². The van der Waals surface area contributed by atoms with Crippen LogP contribution in [-0.2, 0) is 9.53 Å². The molecule has 0 aliphatic carbocycles. The van der Waals surface area contributed by atoms with Crippen LogP contribution in [0.5, 0.6) is 5.75 Å². The van der Waals surface area contributed by atoms with E-state index in [2.05, 4.69) is 19.9 Å². The van der Waals surface area contributed by atoms with E-state index in [1.807, 2.05) is 6.07 Å². The van der Waals surface area contributed by atoms with Crippen molar-refractivity contribution in [2.75, 3.05) is 13.7 Å². The van der Waals surface area contributed by atoms with Crippen molar-refractivity contribution in [2.24, 2.45) is 0 Å². The summed E-state index contributed by atoms with van der Waals surface area (Å²) in [5.74, 6) is 1.17. The average Bonchev–Trinajstić information content (AvgIpc) is 2.34. The second kappa shape index (κ2) is 4.78. The van der Waals surface area contributed by atoms with Crippen LogP contribution in [0.2, 0.25) is 0 Å². The average molecular weight is 234 g/mol. The third-order valence-electron chi connectivity index (χ3n) is 3.58. The Morgan fingerprint density at radius 3 is 2.65 bits per heavy atom. The first-order chi connectivity index (χ1) is 8.13. The van der Waals surface area contributed by atoms with Gasteiger partial charge >= 0.3 is 5.97 Å². The molecule has 0 radical (unpaired) electrons. The summed E-state index contributed by atoms with van der Waals surface area (Å²) in [4.78, 5) is 11.1. The topological polar surface area (TPSA) is 35.5 Å². The van der Waals surface area contributed by atoms with Gasteiger partial charge in [-0.1, -0.05) is 6.07 Å². The van der Waals surface area contributed by atoms with Gasteiger partial charge in [0.2, 0.25) is 0 Å². The van der Waals surface area contributed by atoms with Gasteiger partial charge in [0.15, 0.2) is 0 Å². The van der Waals surface area contributed by atoms with Gasteiger partial charge in [-0.25, -0.2) is 0 Å². The van der Waals surface area contributed by atoms with Gasteiger partial charge in [-0.15, -0.1) is 0 Å².